The highest BCUT2D eigenvalue weighted by molar-refractivity contribution is 7.92. The van der Waals surface area contributed by atoms with E-state index in [-0.39, 0.29) is 28.7 Å². The molecule has 1 aromatic carbocycles. The van der Waals surface area contributed by atoms with Gasteiger partial charge in [0.15, 0.2) is 0 Å². The number of pyridine rings is 1. The lowest BCUT2D eigenvalue weighted by molar-refractivity contribution is -0.129. The minimum absolute atomic E-state index is 0.00332. The number of fused-ring (bicyclic) bond motifs is 1. The van der Waals surface area contributed by atoms with Gasteiger partial charge in [0.25, 0.3) is 10.0 Å². The summed E-state index contributed by atoms with van der Waals surface area (Å²) >= 11 is 0. The number of amides is 2. The SMILES string of the molecule is O=C(O)Nc1cnc2c(c1)N(S(=O)(=O)c1ccc(F)cc1)CC(N1CCCC1=O)C2. The lowest BCUT2D eigenvalue weighted by Crippen LogP contribution is -2.51. The number of rotatable bonds is 4. The predicted molar refractivity (Wildman–Crippen MR) is 105 cm³/mol. The second kappa shape index (κ2) is 7.56. The van der Waals surface area contributed by atoms with E-state index in [0.29, 0.717) is 31.5 Å². The van der Waals surface area contributed by atoms with Gasteiger partial charge in [-0.15, -0.1) is 0 Å². The molecule has 0 radical (unpaired) electrons. The molecule has 9 nitrogen and oxygen atoms in total. The van der Waals surface area contributed by atoms with E-state index in [2.05, 4.69) is 10.3 Å². The molecule has 2 aliphatic heterocycles. The van der Waals surface area contributed by atoms with E-state index in [1.165, 1.54) is 24.4 Å². The number of anilines is 2. The topological polar surface area (TPSA) is 120 Å². The molecule has 2 N–H and O–H groups in total. The van der Waals surface area contributed by atoms with Crippen LogP contribution in [0.15, 0.2) is 41.4 Å². The summed E-state index contributed by atoms with van der Waals surface area (Å²) in [5.41, 5.74) is 0.789. The van der Waals surface area contributed by atoms with E-state index < -0.39 is 28.0 Å². The summed E-state index contributed by atoms with van der Waals surface area (Å²) in [6.07, 6.45) is 1.49. The number of carboxylic acid groups (broad SMARTS) is 1. The number of carbonyl (C=O) groups is 2. The molecule has 1 atom stereocenters. The lowest BCUT2D eigenvalue weighted by Gasteiger charge is -2.38. The zero-order valence-corrected chi connectivity index (χ0v) is 16.6. The number of nitrogens with zero attached hydrogens (tertiary/aromatic N) is 3. The summed E-state index contributed by atoms with van der Waals surface area (Å²) in [5, 5.41) is 11.1. The monoisotopic (exact) mass is 434 g/mol. The normalized spacial score (nSPS) is 19.0. The van der Waals surface area contributed by atoms with E-state index >= 15 is 0 Å². The average molecular weight is 434 g/mol. The number of nitrogens with one attached hydrogen (secondary N) is 1. The van der Waals surface area contributed by atoms with Crippen molar-refractivity contribution in [1.82, 2.24) is 9.88 Å². The number of carbonyl (C=O) groups excluding carboxylic acids is 1. The second-order valence-electron chi connectivity index (χ2n) is 7.16. The van der Waals surface area contributed by atoms with Crippen LogP contribution in [0.3, 0.4) is 0 Å². The smallest absolute Gasteiger partial charge is 0.409 e. The Labute approximate surface area is 172 Å². The number of benzene rings is 1. The predicted octanol–water partition coefficient (Wildman–Crippen LogP) is 2.05. The standard InChI is InChI=1S/C19H19FN4O5S/c20-12-3-5-15(6-4-12)30(28,29)24-11-14(23-7-1-2-18(23)25)9-16-17(24)8-13(10-21-16)22-19(26)27/h3-6,8,10,14,22H,1-2,7,9,11H2,(H,26,27). The van der Waals surface area contributed by atoms with Crippen LogP contribution in [-0.4, -0.2) is 54.5 Å². The molecule has 158 valence electrons. The molecule has 1 aromatic heterocycles. The van der Waals surface area contributed by atoms with E-state index in [1.54, 1.807) is 4.90 Å². The molecule has 3 heterocycles. The first-order chi connectivity index (χ1) is 14.3. The van der Waals surface area contributed by atoms with E-state index in [9.17, 15) is 22.4 Å². The summed E-state index contributed by atoms with van der Waals surface area (Å²) < 4.78 is 41.2. The van der Waals surface area contributed by atoms with Crippen molar-refractivity contribution in [3.63, 3.8) is 0 Å². The maximum atomic E-state index is 13.4. The number of halogens is 1. The fourth-order valence-corrected chi connectivity index (χ4v) is 5.37. The summed E-state index contributed by atoms with van der Waals surface area (Å²) in [6.45, 7) is 0.540. The third-order valence-electron chi connectivity index (χ3n) is 5.23. The van der Waals surface area contributed by atoms with Gasteiger partial charge in [0, 0.05) is 19.4 Å². The Morgan fingerprint density at radius 2 is 2.00 bits per heavy atom. The van der Waals surface area contributed by atoms with Crippen LogP contribution in [0, 0.1) is 5.82 Å². The van der Waals surface area contributed by atoms with Crippen molar-refractivity contribution in [2.24, 2.45) is 0 Å². The first-order valence-corrected chi connectivity index (χ1v) is 10.8. The maximum Gasteiger partial charge on any atom is 0.409 e. The Bertz CT molecular complexity index is 1110. The first-order valence-electron chi connectivity index (χ1n) is 9.32. The summed E-state index contributed by atoms with van der Waals surface area (Å²) in [4.78, 5) is 29.0. The van der Waals surface area contributed by atoms with Crippen molar-refractivity contribution < 1.29 is 27.5 Å². The van der Waals surface area contributed by atoms with E-state index in [1.807, 2.05) is 0 Å². The third kappa shape index (κ3) is 3.67. The van der Waals surface area contributed by atoms with Gasteiger partial charge in [-0.1, -0.05) is 0 Å². The van der Waals surface area contributed by atoms with E-state index in [4.69, 9.17) is 5.11 Å². The van der Waals surface area contributed by atoms with Crippen molar-refractivity contribution in [3.8, 4) is 0 Å². The Balaban J connectivity index is 1.79. The number of aromatic nitrogens is 1. The summed E-state index contributed by atoms with van der Waals surface area (Å²) in [7, 11) is -4.10. The zero-order chi connectivity index (χ0) is 21.5. The second-order valence-corrected chi connectivity index (χ2v) is 9.02. The molecule has 0 saturated carbocycles. The van der Waals surface area contributed by atoms with Crippen molar-refractivity contribution >= 4 is 33.4 Å². The summed E-state index contributed by atoms with van der Waals surface area (Å²) in [6, 6.07) is 5.46. The van der Waals surface area contributed by atoms with E-state index in [0.717, 1.165) is 16.4 Å². The highest BCUT2D eigenvalue weighted by Gasteiger charge is 2.39. The van der Waals surface area contributed by atoms with Gasteiger partial charge < -0.3 is 10.0 Å². The van der Waals surface area contributed by atoms with Crippen LogP contribution in [0.25, 0.3) is 0 Å². The zero-order valence-electron chi connectivity index (χ0n) is 15.8. The molecule has 2 aliphatic rings. The quantitative estimate of drug-likeness (QED) is 0.760. The summed E-state index contributed by atoms with van der Waals surface area (Å²) in [5.74, 6) is -0.602. The Morgan fingerprint density at radius 3 is 2.63 bits per heavy atom. The van der Waals surface area contributed by atoms with Crippen molar-refractivity contribution in [3.05, 3.63) is 48.0 Å². The average Bonchev–Trinajstić information content (AvgIpc) is 3.13. The van der Waals surface area contributed by atoms with Crippen LogP contribution < -0.4 is 9.62 Å². The van der Waals surface area contributed by atoms with Gasteiger partial charge in [-0.2, -0.15) is 0 Å². The fraction of sp³-hybridized carbons (Fsp3) is 0.316. The van der Waals surface area contributed by atoms with Crippen LogP contribution in [0.4, 0.5) is 20.6 Å². The fourth-order valence-electron chi connectivity index (χ4n) is 3.85. The molecule has 1 saturated heterocycles. The molecule has 1 unspecified atom stereocenters. The molecule has 2 aromatic rings. The number of sulfonamides is 1. The Morgan fingerprint density at radius 1 is 1.27 bits per heavy atom. The molecule has 0 aliphatic carbocycles. The van der Waals surface area contributed by atoms with Crippen LogP contribution >= 0.6 is 0 Å². The molecule has 30 heavy (non-hydrogen) atoms. The molecule has 0 spiro atoms. The third-order valence-corrected chi connectivity index (χ3v) is 7.02. The Kier molecular flexibility index (Phi) is 5.06. The maximum absolute atomic E-state index is 13.4. The van der Waals surface area contributed by atoms with Gasteiger partial charge in [-0.05, 0) is 36.8 Å². The largest absolute Gasteiger partial charge is 0.465 e. The molecule has 4 rings (SSSR count). The number of hydrogen-bond acceptors (Lipinski definition) is 5. The highest BCUT2D eigenvalue weighted by atomic mass is 32.2. The molecule has 1 fully saturated rings. The minimum atomic E-state index is -4.10. The van der Waals surface area contributed by atoms with Crippen molar-refractivity contribution in [1.29, 1.82) is 0 Å². The van der Waals surface area contributed by atoms with Gasteiger partial charge in [-0.25, -0.2) is 17.6 Å². The van der Waals surface area contributed by atoms with Crippen LogP contribution in [0.5, 0.6) is 0 Å². The number of hydrogen-bond donors (Lipinski definition) is 2. The van der Waals surface area contributed by atoms with Crippen LogP contribution in [0.1, 0.15) is 18.5 Å². The van der Waals surface area contributed by atoms with Crippen molar-refractivity contribution in [2.75, 3.05) is 22.7 Å². The first kappa shape index (κ1) is 20.1. The molecular weight excluding hydrogens is 415 g/mol. The van der Waals surface area contributed by atoms with Gasteiger partial charge >= 0.3 is 6.09 Å². The lowest BCUT2D eigenvalue weighted by atomic mass is 10.0. The molecule has 11 heteroatoms. The van der Waals surface area contributed by atoms with Gasteiger partial charge in [0.1, 0.15) is 5.82 Å². The van der Waals surface area contributed by atoms with Gasteiger partial charge in [0.05, 0.1) is 40.7 Å². The minimum Gasteiger partial charge on any atom is -0.465 e. The van der Waals surface area contributed by atoms with Gasteiger partial charge in [-0.3, -0.25) is 19.4 Å². The molecule has 2 amide bonds. The van der Waals surface area contributed by atoms with Crippen molar-refractivity contribution in [2.45, 2.75) is 30.2 Å². The van der Waals surface area contributed by atoms with Crippen LogP contribution in [0.2, 0.25) is 0 Å². The molecular formula is C19H19FN4O5S. The highest BCUT2D eigenvalue weighted by Crippen LogP contribution is 2.35. The molecule has 0 bridgehead atoms. The number of likely N-dealkylation sites (tertiary alicyclic amines) is 1. The van der Waals surface area contributed by atoms with Gasteiger partial charge in [0.2, 0.25) is 5.91 Å². The van der Waals surface area contributed by atoms with Crippen LogP contribution in [-0.2, 0) is 21.2 Å². The Hall–Kier alpha value is -3.21.